The van der Waals surface area contributed by atoms with E-state index in [4.69, 9.17) is 0 Å². The molecule has 0 unspecified atom stereocenters. The van der Waals surface area contributed by atoms with Gasteiger partial charge in [0.1, 0.15) is 4.90 Å². The summed E-state index contributed by atoms with van der Waals surface area (Å²) in [4.78, 5) is 0.235. The van der Waals surface area contributed by atoms with Gasteiger partial charge in [-0.2, -0.15) is 5.10 Å². The second kappa shape index (κ2) is 3.81. The van der Waals surface area contributed by atoms with E-state index >= 15 is 0 Å². The highest BCUT2D eigenvalue weighted by atomic mass is 32.2. The SMILES string of the molecule is Cc1[nH]ncc1S(=O)(=O)NCC1C(C)(C)C1(C)C. The van der Waals surface area contributed by atoms with Gasteiger partial charge in [0.05, 0.1) is 11.9 Å². The number of aromatic amines is 1. The quantitative estimate of drug-likeness (QED) is 0.875. The third kappa shape index (κ3) is 1.87. The minimum atomic E-state index is -3.45. The molecule has 1 heterocycles. The van der Waals surface area contributed by atoms with Crippen molar-refractivity contribution in [3.8, 4) is 0 Å². The molecule has 6 heteroatoms. The molecule has 0 spiro atoms. The highest BCUT2D eigenvalue weighted by Gasteiger charge is 2.64. The van der Waals surface area contributed by atoms with Crippen molar-refractivity contribution in [1.29, 1.82) is 0 Å². The van der Waals surface area contributed by atoms with Gasteiger partial charge in [-0.05, 0) is 23.7 Å². The second-order valence-corrected chi connectivity index (χ2v) is 7.94. The lowest BCUT2D eigenvalue weighted by atomic mass is 10.0. The Morgan fingerprint density at radius 3 is 2.28 bits per heavy atom. The summed E-state index contributed by atoms with van der Waals surface area (Å²) in [5.41, 5.74) is 0.930. The van der Waals surface area contributed by atoms with Crippen molar-refractivity contribution in [1.82, 2.24) is 14.9 Å². The lowest BCUT2D eigenvalue weighted by molar-refractivity contribution is 0.457. The van der Waals surface area contributed by atoms with Gasteiger partial charge >= 0.3 is 0 Å². The van der Waals surface area contributed by atoms with Crippen molar-refractivity contribution >= 4 is 10.0 Å². The zero-order chi connectivity index (χ0) is 13.8. The van der Waals surface area contributed by atoms with Crippen molar-refractivity contribution < 1.29 is 8.42 Å². The Hall–Kier alpha value is -0.880. The molecular weight excluding hydrogens is 250 g/mol. The van der Waals surface area contributed by atoms with Crippen LogP contribution in [-0.4, -0.2) is 25.2 Å². The van der Waals surface area contributed by atoms with Crippen LogP contribution in [0.2, 0.25) is 0 Å². The average molecular weight is 271 g/mol. The van der Waals surface area contributed by atoms with Crippen LogP contribution in [0.5, 0.6) is 0 Å². The van der Waals surface area contributed by atoms with Crippen LogP contribution in [-0.2, 0) is 10.0 Å². The van der Waals surface area contributed by atoms with Crippen molar-refractivity contribution in [2.24, 2.45) is 16.7 Å². The minimum absolute atomic E-state index is 0.182. The molecule has 1 aromatic rings. The average Bonchev–Trinajstić information content (AvgIpc) is 2.57. The molecule has 0 aromatic carbocycles. The molecule has 0 radical (unpaired) electrons. The van der Waals surface area contributed by atoms with E-state index in [1.54, 1.807) is 6.92 Å². The molecule has 1 saturated carbocycles. The molecule has 5 nitrogen and oxygen atoms in total. The second-order valence-electron chi connectivity index (χ2n) is 6.21. The Bertz CT molecular complexity index is 544. The van der Waals surface area contributed by atoms with E-state index < -0.39 is 10.0 Å². The molecule has 1 fully saturated rings. The van der Waals surface area contributed by atoms with Crippen LogP contribution >= 0.6 is 0 Å². The number of aryl methyl sites for hydroxylation is 1. The topological polar surface area (TPSA) is 74.8 Å². The summed E-state index contributed by atoms with van der Waals surface area (Å²) in [7, 11) is -3.45. The van der Waals surface area contributed by atoms with Crippen LogP contribution in [0, 0.1) is 23.7 Å². The van der Waals surface area contributed by atoms with E-state index in [1.807, 2.05) is 0 Å². The Kier molecular flexibility index (Phi) is 2.86. The molecule has 1 aliphatic carbocycles. The van der Waals surface area contributed by atoms with Crippen LogP contribution < -0.4 is 4.72 Å². The fourth-order valence-corrected chi connectivity index (χ4v) is 3.91. The Balaban J connectivity index is 2.07. The van der Waals surface area contributed by atoms with Gasteiger partial charge in [-0.15, -0.1) is 0 Å². The molecule has 102 valence electrons. The van der Waals surface area contributed by atoms with Crippen LogP contribution in [0.3, 0.4) is 0 Å². The van der Waals surface area contributed by atoms with Gasteiger partial charge in [0.2, 0.25) is 10.0 Å². The van der Waals surface area contributed by atoms with Gasteiger partial charge in [0.15, 0.2) is 0 Å². The summed E-state index contributed by atoms with van der Waals surface area (Å²) >= 11 is 0. The smallest absolute Gasteiger partial charge is 0.243 e. The van der Waals surface area contributed by atoms with Crippen molar-refractivity contribution in [2.45, 2.75) is 39.5 Å². The summed E-state index contributed by atoms with van der Waals surface area (Å²) in [5.74, 6) is 0.368. The lowest BCUT2D eigenvalue weighted by Gasteiger charge is -2.06. The standard InChI is InChI=1S/C12H21N3O2S/c1-8-9(6-13-15-8)18(16,17)14-7-10-11(2,3)12(10,4)5/h6,10,14H,7H2,1-5H3,(H,13,15). The van der Waals surface area contributed by atoms with Gasteiger partial charge in [-0.25, -0.2) is 13.1 Å². The zero-order valence-corrected chi connectivity index (χ0v) is 12.4. The first-order valence-corrected chi connectivity index (χ1v) is 7.58. The predicted octanol–water partition coefficient (Wildman–Crippen LogP) is 1.68. The van der Waals surface area contributed by atoms with E-state index in [1.165, 1.54) is 6.20 Å². The van der Waals surface area contributed by atoms with E-state index in [9.17, 15) is 8.42 Å². The highest BCUT2D eigenvalue weighted by Crippen LogP contribution is 2.67. The van der Waals surface area contributed by atoms with Crippen LogP contribution in [0.15, 0.2) is 11.1 Å². The number of rotatable bonds is 4. The monoisotopic (exact) mass is 271 g/mol. The number of hydrogen-bond acceptors (Lipinski definition) is 3. The Morgan fingerprint density at radius 2 is 1.89 bits per heavy atom. The van der Waals surface area contributed by atoms with Gasteiger partial charge in [-0.1, -0.05) is 27.7 Å². The molecule has 1 aromatic heterocycles. The summed E-state index contributed by atoms with van der Waals surface area (Å²) in [6, 6.07) is 0. The Labute approximate surface area is 108 Å². The first-order valence-electron chi connectivity index (χ1n) is 6.10. The largest absolute Gasteiger partial charge is 0.281 e. The number of H-pyrrole nitrogens is 1. The molecule has 0 amide bonds. The molecule has 2 rings (SSSR count). The third-order valence-electron chi connectivity index (χ3n) is 4.87. The van der Waals surface area contributed by atoms with Crippen LogP contribution in [0.4, 0.5) is 0 Å². The summed E-state index contributed by atoms with van der Waals surface area (Å²) in [6.07, 6.45) is 1.35. The van der Waals surface area contributed by atoms with Crippen molar-refractivity contribution in [3.05, 3.63) is 11.9 Å². The maximum atomic E-state index is 12.1. The predicted molar refractivity (Wildman–Crippen MR) is 69.6 cm³/mol. The summed E-state index contributed by atoms with van der Waals surface area (Å²) in [5, 5.41) is 6.39. The number of hydrogen-bond donors (Lipinski definition) is 2. The van der Waals surface area contributed by atoms with Gasteiger partial charge < -0.3 is 0 Å². The molecule has 2 N–H and O–H groups in total. The number of sulfonamides is 1. The summed E-state index contributed by atoms with van der Waals surface area (Å²) in [6.45, 7) is 10.9. The van der Waals surface area contributed by atoms with E-state index in [2.05, 4.69) is 42.6 Å². The molecule has 18 heavy (non-hydrogen) atoms. The number of aromatic nitrogens is 2. The number of nitrogens with one attached hydrogen (secondary N) is 2. The maximum Gasteiger partial charge on any atom is 0.243 e. The van der Waals surface area contributed by atoms with E-state index in [0.717, 1.165) is 0 Å². The van der Waals surface area contributed by atoms with Crippen LogP contribution in [0.25, 0.3) is 0 Å². The normalized spacial score (nSPS) is 22.1. The fourth-order valence-electron chi connectivity index (χ4n) is 2.72. The fraction of sp³-hybridized carbons (Fsp3) is 0.750. The molecule has 1 aliphatic rings. The molecule has 0 bridgehead atoms. The summed E-state index contributed by atoms with van der Waals surface area (Å²) < 4.78 is 26.9. The first-order chi connectivity index (χ1) is 8.11. The first kappa shape index (κ1) is 13.5. The minimum Gasteiger partial charge on any atom is -0.281 e. The lowest BCUT2D eigenvalue weighted by Crippen LogP contribution is -2.27. The molecule has 0 aliphatic heterocycles. The van der Waals surface area contributed by atoms with Gasteiger partial charge in [-0.3, -0.25) is 5.10 Å². The third-order valence-corrected chi connectivity index (χ3v) is 6.41. The molecular formula is C12H21N3O2S. The highest BCUT2D eigenvalue weighted by molar-refractivity contribution is 7.89. The van der Waals surface area contributed by atoms with Crippen LogP contribution in [0.1, 0.15) is 33.4 Å². The van der Waals surface area contributed by atoms with Gasteiger partial charge in [0.25, 0.3) is 0 Å². The van der Waals surface area contributed by atoms with Gasteiger partial charge in [0, 0.05) is 6.54 Å². The van der Waals surface area contributed by atoms with Crippen molar-refractivity contribution in [2.75, 3.05) is 6.54 Å². The maximum absolute atomic E-state index is 12.1. The van der Waals surface area contributed by atoms with Crippen molar-refractivity contribution in [3.63, 3.8) is 0 Å². The molecule has 0 saturated heterocycles. The zero-order valence-electron chi connectivity index (χ0n) is 11.5. The van der Waals surface area contributed by atoms with E-state index in [0.29, 0.717) is 18.2 Å². The number of nitrogens with zero attached hydrogens (tertiary/aromatic N) is 1. The van der Waals surface area contributed by atoms with E-state index in [-0.39, 0.29) is 15.7 Å². The Morgan fingerprint density at radius 1 is 1.33 bits per heavy atom. The molecule has 0 atom stereocenters.